The Bertz CT molecular complexity index is 242. The SMILES string of the molecule is CCCNC(=O)CNC(=O)C(CC)(CC)CN. The molecule has 0 aromatic rings. The van der Waals surface area contributed by atoms with E-state index in [1.54, 1.807) is 0 Å². The maximum Gasteiger partial charge on any atom is 0.239 e. The molecule has 2 amide bonds. The Morgan fingerprint density at radius 3 is 2.12 bits per heavy atom. The van der Waals surface area contributed by atoms with E-state index in [0.717, 1.165) is 6.42 Å². The van der Waals surface area contributed by atoms with E-state index >= 15 is 0 Å². The van der Waals surface area contributed by atoms with E-state index < -0.39 is 5.41 Å². The van der Waals surface area contributed by atoms with Crippen LogP contribution in [0.5, 0.6) is 0 Å². The third kappa shape index (κ3) is 4.73. The van der Waals surface area contributed by atoms with Gasteiger partial charge in [-0.1, -0.05) is 20.8 Å². The molecule has 0 radical (unpaired) electrons. The minimum Gasteiger partial charge on any atom is -0.355 e. The average molecular weight is 243 g/mol. The fourth-order valence-electron chi connectivity index (χ4n) is 1.63. The lowest BCUT2D eigenvalue weighted by molar-refractivity contribution is -0.133. The number of carbonyl (C=O) groups excluding carboxylic acids is 2. The molecule has 17 heavy (non-hydrogen) atoms. The summed E-state index contributed by atoms with van der Waals surface area (Å²) in [4.78, 5) is 23.3. The van der Waals surface area contributed by atoms with Crippen molar-refractivity contribution in [2.24, 2.45) is 11.1 Å². The van der Waals surface area contributed by atoms with Crippen LogP contribution in [0, 0.1) is 5.41 Å². The van der Waals surface area contributed by atoms with E-state index in [4.69, 9.17) is 5.73 Å². The second kappa shape index (κ2) is 8.06. The molecular formula is C12H25N3O2. The van der Waals surface area contributed by atoms with Gasteiger partial charge in [0.1, 0.15) is 0 Å². The van der Waals surface area contributed by atoms with Crippen molar-refractivity contribution in [3.63, 3.8) is 0 Å². The molecule has 0 aliphatic carbocycles. The summed E-state index contributed by atoms with van der Waals surface area (Å²) >= 11 is 0. The van der Waals surface area contributed by atoms with Crippen LogP contribution in [0.3, 0.4) is 0 Å². The predicted molar refractivity (Wildman–Crippen MR) is 68.4 cm³/mol. The fourth-order valence-corrected chi connectivity index (χ4v) is 1.63. The van der Waals surface area contributed by atoms with Crippen LogP contribution in [0.4, 0.5) is 0 Å². The number of hydrogen-bond acceptors (Lipinski definition) is 3. The minimum atomic E-state index is -0.537. The monoisotopic (exact) mass is 243 g/mol. The van der Waals surface area contributed by atoms with Gasteiger partial charge >= 0.3 is 0 Å². The highest BCUT2D eigenvalue weighted by atomic mass is 16.2. The summed E-state index contributed by atoms with van der Waals surface area (Å²) in [6.07, 6.45) is 2.25. The van der Waals surface area contributed by atoms with Gasteiger partial charge in [0.25, 0.3) is 0 Å². The summed E-state index contributed by atoms with van der Waals surface area (Å²) in [7, 11) is 0. The van der Waals surface area contributed by atoms with E-state index in [-0.39, 0.29) is 18.4 Å². The van der Waals surface area contributed by atoms with Crippen molar-refractivity contribution in [2.45, 2.75) is 40.0 Å². The molecule has 0 saturated heterocycles. The quantitative estimate of drug-likeness (QED) is 0.576. The van der Waals surface area contributed by atoms with Crippen LogP contribution < -0.4 is 16.4 Å². The van der Waals surface area contributed by atoms with Gasteiger partial charge in [-0.2, -0.15) is 0 Å². The van der Waals surface area contributed by atoms with Gasteiger partial charge in [0.05, 0.1) is 12.0 Å². The van der Waals surface area contributed by atoms with Crippen molar-refractivity contribution in [1.29, 1.82) is 0 Å². The molecule has 0 bridgehead atoms. The Hall–Kier alpha value is -1.10. The van der Waals surface area contributed by atoms with Gasteiger partial charge in [0.15, 0.2) is 0 Å². The summed E-state index contributed by atoms with van der Waals surface area (Å²) in [5.41, 5.74) is 5.12. The molecule has 0 spiro atoms. The zero-order valence-corrected chi connectivity index (χ0v) is 11.1. The molecule has 5 nitrogen and oxygen atoms in total. The van der Waals surface area contributed by atoms with Crippen molar-refractivity contribution in [1.82, 2.24) is 10.6 Å². The smallest absolute Gasteiger partial charge is 0.239 e. The Morgan fingerprint density at radius 1 is 1.12 bits per heavy atom. The van der Waals surface area contributed by atoms with Crippen molar-refractivity contribution in [2.75, 3.05) is 19.6 Å². The molecule has 0 saturated carbocycles. The molecule has 4 N–H and O–H groups in total. The van der Waals surface area contributed by atoms with E-state index in [1.165, 1.54) is 0 Å². The van der Waals surface area contributed by atoms with Crippen LogP contribution in [-0.2, 0) is 9.59 Å². The fraction of sp³-hybridized carbons (Fsp3) is 0.833. The third-order valence-corrected chi connectivity index (χ3v) is 3.21. The molecule has 0 heterocycles. The topological polar surface area (TPSA) is 84.2 Å². The molecular weight excluding hydrogens is 218 g/mol. The molecule has 0 atom stereocenters. The molecule has 0 aliphatic heterocycles. The Morgan fingerprint density at radius 2 is 1.71 bits per heavy atom. The van der Waals surface area contributed by atoms with Crippen LogP contribution in [-0.4, -0.2) is 31.4 Å². The van der Waals surface area contributed by atoms with E-state index in [1.807, 2.05) is 20.8 Å². The van der Waals surface area contributed by atoms with Crippen LogP contribution >= 0.6 is 0 Å². The number of nitrogens with one attached hydrogen (secondary N) is 2. The van der Waals surface area contributed by atoms with Crippen LogP contribution in [0.2, 0.25) is 0 Å². The number of carbonyl (C=O) groups is 2. The number of hydrogen-bond donors (Lipinski definition) is 3. The lowest BCUT2D eigenvalue weighted by atomic mass is 9.81. The van der Waals surface area contributed by atoms with Crippen molar-refractivity contribution >= 4 is 11.8 Å². The van der Waals surface area contributed by atoms with E-state index in [0.29, 0.717) is 25.9 Å². The number of amides is 2. The van der Waals surface area contributed by atoms with Crippen LogP contribution in [0.15, 0.2) is 0 Å². The highest BCUT2D eigenvalue weighted by Gasteiger charge is 2.33. The Labute approximate surface area is 104 Å². The van der Waals surface area contributed by atoms with Gasteiger partial charge in [0.2, 0.25) is 11.8 Å². The highest BCUT2D eigenvalue weighted by Crippen LogP contribution is 2.24. The normalized spacial score (nSPS) is 11.1. The van der Waals surface area contributed by atoms with Gasteiger partial charge in [-0.25, -0.2) is 0 Å². The number of rotatable bonds is 8. The van der Waals surface area contributed by atoms with Gasteiger partial charge in [-0.05, 0) is 19.3 Å². The zero-order chi connectivity index (χ0) is 13.3. The summed E-state index contributed by atoms with van der Waals surface area (Å²) in [6.45, 7) is 6.83. The van der Waals surface area contributed by atoms with E-state index in [2.05, 4.69) is 10.6 Å². The maximum absolute atomic E-state index is 12.0. The first kappa shape index (κ1) is 15.9. The molecule has 100 valence electrons. The van der Waals surface area contributed by atoms with Crippen LogP contribution in [0.1, 0.15) is 40.0 Å². The first-order valence-corrected chi connectivity index (χ1v) is 6.31. The molecule has 0 rings (SSSR count). The first-order valence-electron chi connectivity index (χ1n) is 6.31. The van der Waals surface area contributed by atoms with Gasteiger partial charge in [-0.15, -0.1) is 0 Å². The molecule has 0 unspecified atom stereocenters. The van der Waals surface area contributed by atoms with Crippen molar-refractivity contribution < 1.29 is 9.59 Å². The highest BCUT2D eigenvalue weighted by molar-refractivity contribution is 5.87. The average Bonchev–Trinajstić information content (AvgIpc) is 2.36. The molecule has 5 heteroatoms. The summed E-state index contributed by atoms with van der Waals surface area (Å²) in [5, 5.41) is 5.36. The molecule has 0 aromatic carbocycles. The van der Waals surface area contributed by atoms with Gasteiger partial charge in [0, 0.05) is 13.1 Å². The third-order valence-electron chi connectivity index (χ3n) is 3.21. The lowest BCUT2D eigenvalue weighted by Crippen LogP contribution is -2.48. The van der Waals surface area contributed by atoms with Gasteiger partial charge in [-0.3, -0.25) is 9.59 Å². The number of nitrogens with two attached hydrogens (primary N) is 1. The second-order valence-electron chi connectivity index (χ2n) is 4.22. The molecule has 0 aliphatic rings. The second-order valence-corrected chi connectivity index (χ2v) is 4.22. The van der Waals surface area contributed by atoms with Crippen molar-refractivity contribution in [3.8, 4) is 0 Å². The van der Waals surface area contributed by atoms with E-state index in [9.17, 15) is 9.59 Å². The minimum absolute atomic E-state index is 0.0284. The van der Waals surface area contributed by atoms with Crippen molar-refractivity contribution in [3.05, 3.63) is 0 Å². The zero-order valence-electron chi connectivity index (χ0n) is 11.1. The van der Waals surface area contributed by atoms with Crippen LogP contribution in [0.25, 0.3) is 0 Å². The largest absolute Gasteiger partial charge is 0.355 e. The predicted octanol–water partition coefficient (Wildman–Crippen LogP) is 0.394. The standard InChI is InChI=1S/C12H25N3O2/c1-4-7-14-10(16)8-15-11(17)12(5-2,6-3)9-13/h4-9,13H2,1-3H3,(H,14,16)(H,15,17). The van der Waals surface area contributed by atoms with Gasteiger partial charge < -0.3 is 16.4 Å². The summed E-state index contributed by atoms with van der Waals surface area (Å²) in [5.74, 6) is -0.282. The summed E-state index contributed by atoms with van der Waals surface area (Å²) in [6, 6.07) is 0. The molecule has 0 fully saturated rings. The maximum atomic E-state index is 12.0. The summed E-state index contributed by atoms with van der Waals surface area (Å²) < 4.78 is 0. The molecule has 0 aromatic heterocycles. The lowest BCUT2D eigenvalue weighted by Gasteiger charge is -2.28. The first-order chi connectivity index (χ1) is 8.06. The Kier molecular flexibility index (Phi) is 7.54. The Balaban J connectivity index is 4.20.